The maximum absolute atomic E-state index is 12.1. The van der Waals surface area contributed by atoms with E-state index in [-0.39, 0.29) is 24.0 Å². The molecule has 0 fully saturated rings. The summed E-state index contributed by atoms with van der Waals surface area (Å²) in [6, 6.07) is 10.2. The van der Waals surface area contributed by atoms with Gasteiger partial charge in [0.15, 0.2) is 0 Å². The van der Waals surface area contributed by atoms with E-state index in [0.29, 0.717) is 11.3 Å². The lowest BCUT2D eigenvalue weighted by molar-refractivity contribution is 0.0939. The van der Waals surface area contributed by atoms with Crippen molar-refractivity contribution in [3.8, 4) is 0 Å². The van der Waals surface area contributed by atoms with Gasteiger partial charge in [0, 0.05) is 29.7 Å². The molecule has 1 heterocycles. The number of urea groups is 1. The molecule has 0 aliphatic rings. The highest BCUT2D eigenvalue weighted by molar-refractivity contribution is 5.95. The van der Waals surface area contributed by atoms with E-state index < -0.39 is 0 Å². The Morgan fingerprint density at radius 1 is 1.00 bits per heavy atom. The lowest BCUT2D eigenvalue weighted by Gasteiger charge is -2.15. The van der Waals surface area contributed by atoms with E-state index in [1.54, 1.807) is 36.7 Å². The van der Waals surface area contributed by atoms with Crippen LogP contribution in [0.4, 0.5) is 10.5 Å². The molecule has 1 aromatic carbocycles. The number of hydrogen-bond donors (Lipinski definition) is 3. The fourth-order valence-electron chi connectivity index (χ4n) is 2.21. The van der Waals surface area contributed by atoms with E-state index in [1.807, 2.05) is 32.9 Å². The van der Waals surface area contributed by atoms with Crippen LogP contribution in [0.5, 0.6) is 0 Å². The number of nitrogens with zero attached hydrogens (tertiary/aromatic N) is 1. The fourth-order valence-corrected chi connectivity index (χ4v) is 2.21. The van der Waals surface area contributed by atoms with Gasteiger partial charge in [-0.15, -0.1) is 0 Å². The largest absolute Gasteiger partial charge is 0.350 e. The van der Waals surface area contributed by atoms with Crippen LogP contribution >= 0.6 is 0 Å². The Morgan fingerprint density at radius 3 is 2.24 bits per heavy atom. The average molecular weight is 340 g/mol. The Kier molecular flexibility index (Phi) is 6.51. The zero-order valence-corrected chi connectivity index (χ0v) is 14.7. The van der Waals surface area contributed by atoms with Gasteiger partial charge < -0.3 is 16.0 Å². The molecule has 0 aliphatic carbocycles. The number of nitrogens with one attached hydrogen (secondary N) is 3. The predicted octanol–water partition coefficient (Wildman–Crippen LogP) is 3.49. The summed E-state index contributed by atoms with van der Waals surface area (Å²) in [7, 11) is 0. The highest BCUT2D eigenvalue weighted by Gasteiger charge is 2.11. The van der Waals surface area contributed by atoms with Crippen molar-refractivity contribution in [2.75, 3.05) is 5.32 Å². The second-order valence-corrected chi connectivity index (χ2v) is 5.96. The van der Waals surface area contributed by atoms with Gasteiger partial charge in [0.25, 0.3) is 5.91 Å². The maximum Gasteiger partial charge on any atom is 0.319 e. The Labute approximate surface area is 148 Å². The van der Waals surface area contributed by atoms with Gasteiger partial charge in [-0.1, -0.05) is 6.92 Å². The minimum atomic E-state index is -0.305. The number of hydrogen-bond acceptors (Lipinski definition) is 3. The summed E-state index contributed by atoms with van der Waals surface area (Å²) >= 11 is 0. The Morgan fingerprint density at radius 2 is 1.64 bits per heavy atom. The molecule has 6 nitrogen and oxygen atoms in total. The van der Waals surface area contributed by atoms with Crippen LogP contribution in [0.2, 0.25) is 0 Å². The Hall–Kier alpha value is -2.89. The first-order chi connectivity index (χ1) is 12.0. The van der Waals surface area contributed by atoms with Gasteiger partial charge in [-0.3, -0.25) is 9.78 Å². The molecule has 25 heavy (non-hydrogen) atoms. The molecule has 2 aromatic rings. The van der Waals surface area contributed by atoms with Crippen molar-refractivity contribution in [2.24, 2.45) is 0 Å². The monoisotopic (exact) mass is 340 g/mol. The van der Waals surface area contributed by atoms with E-state index in [2.05, 4.69) is 20.9 Å². The molecule has 0 saturated heterocycles. The minimum Gasteiger partial charge on any atom is -0.350 e. The van der Waals surface area contributed by atoms with Gasteiger partial charge in [-0.25, -0.2) is 4.79 Å². The van der Waals surface area contributed by atoms with Crippen LogP contribution in [0.15, 0.2) is 48.8 Å². The molecule has 0 aliphatic heterocycles. The SMILES string of the molecule is CCC(C)NC(=O)c1ccc(NC(=O)NC(C)c2ccncc2)cc1. The third kappa shape index (κ3) is 5.60. The van der Waals surface area contributed by atoms with Crippen molar-refractivity contribution >= 4 is 17.6 Å². The van der Waals surface area contributed by atoms with Gasteiger partial charge in [0.1, 0.15) is 0 Å². The molecule has 0 spiro atoms. The number of rotatable bonds is 6. The van der Waals surface area contributed by atoms with E-state index in [0.717, 1.165) is 12.0 Å². The molecule has 2 rings (SSSR count). The van der Waals surface area contributed by atoms with Crippen molar-refractivity contribution in [2.45, 2.75) is 39.3 Å². The average Bonchev–Trinajstić information content (AvgIpc) is 2.62. The summed E-state index contributed by atoms with van der Waals surface area (Å²) in [5, 5.41) is 8.53. The first-order valence-electron chi connectivity index (χ1n) is 8.38. The smallest absolute Gasteiger partial charge is 0.319 e. The van der Waals surface area contributed by atoms with Crippen molar-refractivity contribution in [3.63, 3.8) is 0 Å². The standard InChI is InChI=1S/C19H24N4O2/c1-4-13(2)21-18(24)16-5-7-17(8-6-16)23-19(25)22-14(3)15-9-11-20-12-10-15/h5-14H,4H2,1-3H3,(H,21,24)(H2,22,23,25). The molecule has 132 valence electrons. The molecule has 3 amide bonds. The van der Waals surface area contributed by atoms with Crippen molar-refractivity contribution in [1.82, 2.24) is 15.6 Å². The minimum absolute atomic E-state index is 0.114. The van der Waals surface area contributed by atoms with Gasteiger partial charge in [0.05, 0.1) is 6.04 Å². The van der Waals surface area contributed by atoms with Gasteiger partial charge in [0.2, 0.25) is 0 Å². The fraction of sp³-hybridized carbons (Fsp3) is 0.316. The summed E-state index contributed by atoms with van der Waals surface area (Å²) in [6.07, 6.45) is 4.25. The van der Waals surface area contributed by atoms with Crippen LogP contribution in [-0.2, 0) is 0 Å². The summed E-state index contributed by atoms with van der Waals surface area (Å²) < 4.78 is 0. The molecule has 6 heteroatoms. The Balaban J connectivity index is 1.90. The highest BCUT2D eigenvalue weighted by atomic mass is 16.2. The quantitative estimate of drug-likeness (QED) is 0.753. The molecule has 0 radical (unpaired) electrons. The Bertz CT molecular complexity index is 701. The van der Waals surface area contributed by atoms with Crippen molar-refractivity contribution < 1.29 is 9.59 Å². The normalized spacial score (nSPS) is 12.8. The summed E-state index contributed by atoms with van der Waals surface area (Å²) in [5.74, 6) is -0.114. The van der Waals surface area contributed by atoms with Crippen LogP contribution in [0.3, 0.4) is 0 Å². The maximum atomic E-state index is 12.1. The zero-order chi connectivity index (χ0) is 18.2. The predicted molar refractivity (Wildman–Crippen MR) is 98.5 cm³/mol. The number of aromatic nitrogens is 1. The first-order valence-corrected chi connectivity index (χ1v) is 8.38. The van der Waals surface area contributed by atoms with Crippen LogP contribution in [0.1, 0.15) is 49.2 Å². The number of benzene rings is 1. The number of anilines is 1. The molecule has 2 unspecified atom stereocenters. The van der Waals surface area contributed by atoms with E-state index in [1.165, 1.54) is 0 Å². The lowest BCUT2D eigenvalue weighted by Crippen LogP contribution is -2.32. The van der Waals surface area contributed by atoms with Crippen molar-refractivity contribution in [1.29, 1.82) is 0 Å². The molecular formula is C19H24N4O2. The summed E-state index contributed by atoms with van der Waals surface area (Å²) in [4.78, 5) is 28.1. The number of pyridine rings is 1. The van der Waals surface area contributed by atoms with Crippen LogP contribution in [-0.4, -0.2) is 23.0 Å². The third-order valence-electron chi connectivity index (χ3n) is 3.95. The van der Waals surface area contributed by atoms with E-state index in [9.17, 15) is 9.59 Å². The zero-order valence-electron chi connectivity index (χ0n) is 14.7. The van der Waals surface area contributed by atoms with E-state index >= 15 is 0 Å². The lowest BCUT2D eigenvalue weighted by atomic mass is 10.1. The number of carbonyl (C=O) groups excluding carboxylic acids is 2. The number of carbonyl (C=O) groups is 2. The van der Waals surface area contributed by atoms with Crippen LogP contribution < -0.4 is 16.0 Å². The molecule has 0 saturated carbocycles. The van der Waals surface area contributed by atoms with Crippen LogP contribution in [0.25, 0.3) is 0 Å². The van der Waals surface area contributed by atoms with E-state index in [4.69, 9.17) is 0 Å². The van der Waals surface area contributed by atoms with Gasteiger partial charge >= 0.3 is 6.03 Å². The van der Waals surface area contributed by atoms with Gasteiger partial charge in [-0.05, 0) is 62.2 Å². The van der Waals surface area contributed by atoms with Gasteiger partial charge in [-0.2, -0.15) is 0 Å². The summed E-state index contributed by atoms with van der Waals surface area (Å²) in [5.41, 5.74) is 2.16. The number of amides is 3. The second kappa shape index (κ2) is 8.82. The second-order valence-electron chi connectivity index (χ2n) is 5.96. The molecule has 1 aromatic heterocycles. The summed E-state index contributed by atoms with van der Waals surface area (Å²) in [6.45, 7) is 5.88. The van der Waals surface area contributed by atoms with Crippen molar-refractivity contribution in [3.05, 3.63) is 59.9 Å². The molecule has 3 N–H and O–H groups in total. The first kappa shape index (κ1) is 18.4. The highest BCUT2D eigenvalue weighted by Crippen LogP contribution is 2.12. The molecular weight excluding hydrogens is 316 g/mol. The van der Waals surface area contributed by atoms with Crippen LogP contribution in [0, 0.1) is 0 Å². The topological polar surface area (TPSA) is 83.1 Å². The third-order valence-corrected chi connectivity index (χ3v) is 3.95. The molecule has 2 atom stereocenters. The molecule has 0 bridgehead atoms.